The van der Waals surface area contributed by atoms with E-state index in [4.69, 9.17) is 4.74 Å². The molecule has 0 radical (unpaired) electrons. The van der Waals surface area contributed by atoms with E-state index in [9.17, 15) is 9.50 Å². The summed E-state index contributed by atoms with van der Waals surface area (Å²) in [6, 6.07) is 5.79. The van der Waals surface area contributed by atoms with E-state index in [0.29, 0.717) is 12.3 Å². The molecule has 0 aliphatic heterocycles. The molecule has 1 rings (SSSR count). The summed E-state index contributed by atoms with van der Waals surface area (Å²) in [6.07, 6.45) is 0.403. The van der Waals surface area contributed by atoms with Crippen molar-refractivity contribution in [3.05, 3.63) is 30.1 Å². The maximum absolute atomic E-state index is 12.8. The molecule has 4 heteroatoms. The van der Waals surface area contributed by atoms with E-state index < -0.39 is 6.10 Å². The van der Waals surface area contributed by atoms with Crippen LogP contribution in [0.2, 0.25) is 0 Å². The highest BCUT2D eigenvalue weighted by Gasteiger charge is 2.25. The predicted molar refractivity (Wildman–Crippen MR) is 84.1 cm³/mol. The second kappa shape index (κ2) is 7.23. The molecule has 0 heterocycles. The fraction of sp³-hybridized carbons (Fsp3) is 0.647. The van der Waals surface area contributed by atoms with Gasteiger partial charge in [-0.1, -0.05) is 20.8 Å². The van der Waals surface area contributed by atoms with Gasteiger partial charge in [0.25, 0.3) is 0 Å². The zero-order valence-corrected chi connectivity index (χ0v) is 13.7. The SMILES string of the molecule is CC(C)(C)CC(C)(C)NC[C@H](O)COc1ccc(F)cc1. The Kier molecular flexibility index (Phi) is 6.17. The lowest BCUT2D eigenvalue weighted by Crippen LogP contribution is -2.46. The Morgan fingerprint density at radius 2 is 1.71 bits per heavy atom. The molecule has 0 saturated carbocycles. The van der Waals surface area contributed by atoms with Gasteiger partial charge in [-0.15, -0.1) is 0 Å². The number of nitrogens with one attached hydrogen (secondary N) is 1. The number of hydrogen-bond donors (Lipinski definition) is 2. The monoisotopic (exact) mass is 297 g/mol. The van der Waals surface area contributed by atoms with E-state index in [-0.39, 0.29) is 23.4 Å². The lowest BCUT2D eigenvalue weighted by Gasteiger charge is -2.34. The van der Waals surface area contributed by atoms with Crippen LogP contribution in [0.15, 0.2) is 24.3 Å². The van der Waals surface area contributed by atoms with Crippen LogP contribution in [0.25, 0.3) is 0 Å². The smallest absolute Gasteiger partial charge is 0.123 e. The van der Waals surface area contributed by atoms with Crippen molar-refractivity contribution >= 4 is 0 Å². The van der Waals surface area contributed by atoms with Gasteiger partial charge < -0.3 is 15.2 Å². The van der Waals surface area contributed by atoms with Crippen LogP contribution in [-0.2, 0) is 0 Å². The summed E-state index contributed by atoms with van der Waals surface area (Å²) in [7, 11) is 0. The highest BCUT2D eigenvalue weighted by molar-refractivity contribution is 5.22. The molecule has 0 aromatic heterocycles. The molecule has 0 aliphatic rings. The molecule has 0 aliphatic carbocycles. The molecule has 1 aromatic rings. The van der Waals surface area contributed by atoms with Crippen molar-refractivity contribution in [3.8, 4) is 5.75 Å². The van der Waals surface area contributed by atoms with E-state index >= 15 is 0 Å². The number of ether oxygens (including phenoxy) is 1. The fourth-order valence-electron chi connectivity index (χ4n) is 2.56. The van der Waals surface area contributed by atoms with Gasteiger partial charge in [0, 0.05) is 12.1 Å². The summed E-state index contributed by atoms with van der Waals surface area (Å²) in [6.45, 7) is 11.5. The molecule has 0 unspecified atom stereocenters. The molecule has 0 bridgehead atoms. The van der Waals surface area contributed by atoms with Crippen molar-refractivity contribution in [1.82, 2.24) is 5.32 Å². The van der Waals surface area contributed by atoms with Crippen molar-refractivity contribution in [3.63, 3.8) is 0 Å². The van der Waals surface area contributed by atoms with Gasteiger partial charge in [0.1, 0.15) is 24.3 Å². The summed E-state index contributed by atoms with van der Waals surface area (Å²) < 4.78 is 18.2. The first-order chi connectivity index (χ1) is 9.57. The second-order valence-electron chi connectivity index (χ2n) is 7.42. The van der Waals surface area contributed by atoms with Crippen molar-refractivity contribution in [2.24, 2.45) is 5.41 Å². The molecular formula is C17H28FNO2. The normalized spacial score (nSPS) is 14.0. The Hall–Kier alpha value is -1.13. The number of aliphatic hydroxyl groups is 1. The van der Waals surface area contributed by atoms with Crippen molar-refractivity contribution < 1.29 is 14.2 Å². The van der Waals surface area contributed by atoms with Gasteiger partial charge in [-0.2, -0.15) is 0 Å². The number of halogens is 1. The largest absolute Gasteiger partial charge is 0.491 e. The second-order valence-corrected chi connectivity index (χ2v) is 7.42. The molecule has 2 N–H and O–H groups in total. The van der Waals surface area contributed by atoms with Gasteiger partial charge in [0.2, 0.25) is 0 Å². The van der Waals surface area contributed by atoms with Crippen LogP contribution in [0.3, 0.4) is 0 Å². The molecular weight excluding hydrogens is 269 g/mol. The minimum Gasteiger partial charge on any atom is -0.491 e. The van der Waals surface area contributed by atoms with Crippen LogP contribution in [-0.4, -0.2) is 29.9 Å². The lowest BCUT2D eigenvalue weighted by molar-refractivity contribution is 0.0944. The Bertz CT molecular complexity index is 423. The van der Waals surface area contributed by atoms with Gasteiger partial charge in [0.05, 0.1) is 0 Å². The van der Waals surface area contributed by atoms with E-state index in [1.807, 2.05) is 0 Å². The van der Waals surface area contributed by atoms with Crippen LogP contribution in [0.5, 0.6) is 5.75 Å². The number of hydrogen-bond acceptors (Lipinski definition) is 3. The van der Waals surface area contributed by atoms with Gasteiger partial charge in [-0.3, -0.25) is 0 Å². The van der Waals surface area contributed by atoms with Crippen LogP contribution in [0, 0.1) is 11.2 Å². The zero-order valence-electron chi connectivity index (χ0n) is 13.7. The molecule has 1 aromatic carbocycles. The van der Waals surface area contributed by atoms with Crippen LogP contribution in [0.1, 0.15) is 41.0 Å². The topological polar surface area (TPSA) is 41.5 Å². The van der Waals surface area contributed by atoms with Gasteiger partial charge >= 0.3 is 0 Å². The minimum atomic E-state index is -0.603. The maximum Gasteiger partial charge on any atom is 0.123 e. The standard InChI is InChI=1S/C17H28FNO2/c1-16(2,3)12-17(4,5)19-10-14(20)11-21-15-8-6-13(18)7-9-15/h6-9,14,19-20H,10-12H2,1-5H3/t14-/m0/s1. The van der Waals surface area contributed by atoms with E-state index in [0.717, 1.165) is 6.42 Å². The molecule has 3 nitrogen and oxygen atoms in total. The first-order valence-corrected chi connectivity index (χ1v) is 7.39. The minimum absolute atomic E-state index is 0.0465. The summed E-state index contributed by atoms with van der Waals surface area (Å²) in [5.74, 6) is 0.262. The first-order valence-electron chi connectivity index (χ1n) is 7.39. The molecule has 0 spiro atoms. The average molecular weight is 297 g/mol. The molecule has 1 atom stereocenters. The lowest BCUT2D eigenvalue weighted by atomic mass is 9.82. The molecule has 0 saturated heterocycles. The molecule has 21 heavy (non-hydrogen) atoms. The van der Waals surface area contributed by atoms with E-state index in [1.165, 1.54) is 12.1 Å². The van der Waals surface area contributed by atoms with Gasteiger partial charge in [0.15, 0.2) is 0 Å². The summed E-state index contributed by atoms with van der Waals surface area (Å²) >= 11 is 0. The van der Waals surface area contributed by atoms with Crippen molar-refractivity contribution in [1.29, 1.82) is 0 Å². The summed E-state index contributed by atoms with van der Waals surface area (Å²) in [5.41, 5.74) is 0.182. The van der Waals surface area contributed by atoms with Crippen LogP contribution < -0.4 is 10.1 Å². The highest BCUT2D eigenvalue weighted by atomic mass is 19.1. The van der Waals surface area contributed by atoms with Crippen molar-refractivity contribution in [2.45, 2.75) is 52.7 Å². The van der Waals surface area contributed by atoms with Crippen LogP contribution >= 0.6 is 0 Å². The van der Waals surface area contributed by atoms with Crippen molar-refractivity contribution in [2.75, 3.05) is 13.2 Å². The van der Waals surface area contributed by atoms with Gasteiger partial charge in [-0.05, 0) is 49.9 Å². The number of β-amino-alcohol motifs (C(OH)–C–C–N with tert-alkyl or cyclic N) is 1. The maximum atomic E-state index is 12.8. The van der Waals surface area contributed by atoms with Crippen LogP contribution in [0.4, 0.5) is 4.39 Å². The number of aliphatic hydroxyl groups excluding tert-OH is 1. The Labute approximate surface area is 127 Å². The molecule has 0 fully saturated rings. The Balaban J connectivity index is 2.33. The first kappa shape index (κ1) is 17.9. The average Bonchev–Trinajstić information content (AvgIpc) is 2.33. The molecule has 0 amide bonds. The third-order valence-electron chi connectivity index (χ3n) is 3.04. The Morgan fingerprint density at radius 3 is 2.24 bits per heavy atom. The number of rotatable bonds is 7. The quantitative estimate of drug-likeness (QED) is 0.811. The van der Waals surface area contributed by atoms with Gasteiger partial charge in [-0.25, -0.2) is 4.39 Å². The Morgan fingerprint density at radius 1 is 1.14 bits per heavy atom. The highest BCUT2D eigenvalue weighted by Crippen LogP contribution is 2.26. The van der Waals surface area contributed by atoms with E-state index in [1.54, 1.807) is 12.1 Å². The summed E-state index contributed by atoms with van der Waals surface area (Å²) in [4.78, 5) is 0. The predicted octanol–water partition coefficient (Wildman–Crippen LogP) is 3.37. The third-order valence-corrected chi connectivity index (χ3v) is 3.04. The zero-order chi connectivity index (χ0) is 16.1. The summed E-state index contributed by atoms with van der Waals surface area (Å²) in [5, 5.41) is 13.3. The molecule has 120 valence electrons. The third kappa shape index (κ3) is 8.02. The fourth-order valence-corrected chi connectivity index (χ4v) is 2.56. The number of benzene rings is 1. The van der Waals surface area contributed by atoms with E-state index in [2.05, 4.69) is 39.9 Å².